The Labute approximate surface area is 86.8 Å². The molecule has 1 aromatic rings. The van der Waals surface area contributed by atoms with E-state index in [0.29, 0.717) is 5.56 Å². The number of phenolic OH excluding ortho intramolecular Hbond substituents is 2. The fourth-order valence-corrected chi connectivity index (χ4v) is 1.25. The van der Waals surface area contributed by atoms with Gasteiger partial charge in [-0.2, -0.15) is 0 Å². The Hall–Kier alpha value is -1.75. The first-order chi connectivity index (χ1) is 7.04. The Morgan fingerprint density at radius 1 is 1.33 bits per heavy atom. The van der Waals surface area contributed by atoms with E-state index in [-0.39, 0.29) is 24.5 Å². The minimum absolute atomic E-state index is 0.0387. The second-order valence-electron chi connectivity index (χ2n) is 3.30. The van der Waals surface area contributed by atoms with E-state index in [0.717, 1.165) is 0 Å². The van der Waals surface area contributed by atoms with E-state index in [9.17, 15) is 9.90 Å². The molecule has 0 aromatic heterocycles. The average Bonchev–Trinajstić information content (AvgIpc) is 2.19. The first-order valence-corrected chi connectivity index (χ1v) is 4.48. The predicted molar refractivity (Wildman–Crippen MR) is 53.7 cm³/mol. The summed E-state index contributed by atoms with van der Waals surface area (Å²) < 4.78 is 0. The highest BCUT2D eigenvalue weighted by atomic mass is 16.4. The molecule has 0 unspecified atom stereocenters. The van der Waals surface area contributed by atoms with Crippen LogP contribution < -0.4 is 5.73 Å². The van der Waals surface area contributed by atoms with Crippen molar-refractivity contribution in [3.05, 3.63) is 23.8 Å². The Bertz CT molecular complexity index is 364. The maximum absolute atomic E-state index is 10.7. The second kappa shape index (κ2) is 4.65. The van der Waals surface area contributed by atoms with Crippen molar-refractivity contribution >= 4 is 5.97 Å². The summed E-state index contributed by atoms with van der Waals surface area (Å²) in [6, 6.07) is 4.21. The molecule has 82 valence electrons. The third-order valence-electron chi connectivity index (χ3n) is 2.16. The summed E-state index contributed by atoms with van der Waals surface area (Å²) in [5.74, 6) is -2.12. The maximum Gasteiger partial charge on any atom is 0.308 e. The quantitative estimate of drug-likeness (QED) is 0.536. The smallest absolute Gasteiger partial charge is 0.308 e. The summed E-state index contributed by atoms with van der Waals surface area (Å²) in [5.41, 5.74) is 5.92. The second-order valence-corrected chi connectivity index (χ2v) is 3.30. The van der Waals surface area contributed by atoms with Gasteiger partial charge in [-0.15, -0.1) is 0 Å². The van der Waals surface area contributed by atoms with E-state index in [2.05, 4.69) is 0 Å². The highest BCUT2D eigenvalue weighted by Gasteiger charge is 2.16. The summed E-state index contributed by atoms with van der Waals surface area (Å²) in [4.78, 5) is 10.7. The van der Waals surface area contributed by atoms with Crippen molar-refractivity contribution in [1.29, 1.82) is 0 Å². The van der Waals surface area contributed by atoms with Crippen LogP contribution in [0.1, 0.15) is 5.56 Å². The largest absolute Gasteiger partial charge is 0.504 e. The van der Waals surface area contributed by atoms with Crippen LogP contribution in [0.3, 0.4) is 0 Å². The van der Waals surface area contributed by atoms with Crippen molar-refractivity contribution in [2.45, 2.75) is 6.42 Å². The highest BCUT2D eigenvalue weighted by molar-refractivity contribution is 5.70. The highest BCUT2D eigenvalue weighted by Crippen LogP contribution is 2.25. The summed E-state index contributed by atoms with van der Waals surface area (Å²) in [6.45, 7) is 0.0387. The lowest BCUT2D eigenvalue weighted by molar-refractivity contribution is -0.141. The fourth-order valence-electron chi connectivity index (χ4n) is 1.25. The molecule has 0 heterocycles. The van der Waals surface area contributed by atoms with E-state index >= 15 is 0 Å². The number of aliphatic carboxylic acids is 1. The minimum atomic E-state index is -0.968. The first kappa shape index (κ1) is 11.3. The Balaban J connectivity index is 2.80. The van der Waals surface area contributed by atoms with Crippen molar-refractivity contribution in [2.24, 2.45) is 11.7 Å². The molecule has 0 bridgehead atoms. The number of nitrogens with two attached hydrogens (primary N) is 1. The number of carboxylic acids is 1. The SMILES string of the molecule is NC[C@H](Cc1ccc(O)c(O)c1)C(=O)O. The number of hydrogen-bond acceptors (Lipinski definition) is 4. The van der Waals surface area contributed by atoms with Gasteiger partial charge >= 0.3 is 5.97 Å². The van der Waals surface area contributed by atoms with Gasteiger partial charge in [0.1, 0.15) is 0 Å². The van der Waals surface area contributed by atoms with Gasteiger partial charge in [-0.25, -0.2) is 0 Å². The Morgan fingerprint density at radius 3 is 2.47 bits per heavy atom. The average molecular weight is 211 g/mol. The number of carbonyl (C=O) groups is 1. The van der Waals surface area contributed by atoms with Crippen molar-refractivity contribution in [3.63, 3.8) is 0 Å². The van der Waals surface area contributed by atoms with Crippen LogP contribution in [0.15, 0.2) is 18.2 Å². The molecular weight excluding hydrogens is 198 g/mol. The minimum Gasteiger partial charge on any atom is -0.504 e. The number of carboxylic acid groups (broad SMARTS) is 1. The zero-order chi connectivity index (χ0) is 11.4. The molecule has 0 saturated heterocycles. The molecule has 0 aliphatic rings. The van der Waals surface area contributed by atoms with Crippen LogP contribution in [0, 0.1) is 5.92 Å². The maximum atomic E-state index is 10.7. The molecule has 5 nitrogen and oxygen atoms in total. The third-order valence-corrected chi connectivity index (χ3v) is 2.16. The van der Waals surface area contributed by atoms with Gasteiger partial charge in [0.2, 0.25) is 0 Å². The molecule has 5 N–H and O–H groups in total. The van der Waals surface area contributed by atoms with Crippen LogP contribution in [-0.4, -0.2) is 27.8 Å². The molecular formula is C10H13NO4. The normalized spacial score (nSPS) is 12.3. The lowest BCUT2D eigenvalue weighted by atomic mass is 9.99. The van der Waals surface area contributed by atoms with Gasteiger partial charge in [0.25, 0.3) is 0 Å². The number of hydrogen-bond donors (Lipinski definition) is 4. The molecule has 0 aliphatic heterocycles. The van der Waals surface area contributed by atoms with Crippen LogP contribution in [0.2, 0.25) is 0 Å². The Kier molecular flexibility index (Phi) is 3.51. The van der Waals surface area contributed by atoms with Gasteiger partial charge in [-0.1, -0.05) is 6.07 Å². The standard InChI is InChI=1S/C10H13NO4/c11-5-7(10(14)15)3-6-1-2-8(12)9(13)4-6/h1-2,4,7,12-13H,3,5,11H2,(H,14,15)/t7-/m0/s1. The van der Waals surface area contributed by atoms with Crippen LogP contribution in [0.4, 0.5) is 0 Å². The van der Waals surface area contributed by atoms with Crippen LogP contribution >= 0.6 is 0 Å². The molecule has 0 fully saturated rings. The van der Waals surface area contributed by atoms with Crippen molar-refractivity contribution in [3.8, 4) is 11.5 Å². The van der Waals surface area contributed by atoms with Crippen molar-refractivity contribution in [1.82, 2.24) is 0 Å². The van der Waals surface area contributed by atoms with Gasteiger partial charge in [0, 0.05) is 6.54 Å². The van der Waals surface area contributed by atoms with Crippen LogP contribution in [0.5, 0.6) is 11.5 Å². The van der Waals surface area contributed by atoms with E-state index in [1.165, 1.54) is 12.1 Å². The molecule has 15 heavy (non-hydrogen) atoms. The molecule has 1 aromatic carbocycles. The van der Waals surface area contributed by atoms with E-state index in [4.69, 9.17) is 15.9 Å². The van der Waals surface area contributed by atoms with Crippen LogP contribution in [0.25, 0.3) is 0 Å². The molecule has 0 radical (unpaired) electrons. The Morgan fingerprint density at radius 2 is 2.00 bits per heavy atom. The molecule has 1 atom stereocenters. The summed E-state index contributed by atoms with van der Waals surface area (Å²) in [5, 5.41) is 27.0. The van der Waals surface area contributed by atoms with Gasteiger partial charge in [0.05, 0.1) is 5.92 Å². The van der Waals surface area contributed by atoms with Crippen LogP contribution in [-0.2, 0) is 11.2 Å². The van der Waals surface area contributed by atoms with Gasteiger partial charge < -0.3 is 21.1 Å². The summed E-state index contributed by atoms with van der Waals surface area (Å²) in [7, 11) is 0. The number of rotatable bonds is 4. The molecule has 0 saturated carbocycles. The van der Waals surface area contributed by atoms with E-state index in [1.807, 2.05) is 0 Å². The van der Waals surface area contributed by atoms with E-state index < -0.39 is 11.9 Å². The van der Waals surface area contributed by atoms with Crippen molar-refractivity contribution in [2.75, 3.05) is 6.54 Å². The number of phenols is 2. The lowest BCUT2D eigenvalue weighted by Gasteiger charge is -2.09. The zero-order valence-corrected chi connectivity index (χ0v) is 8.05. The monoisotopic (exact) mass is 211 g/mol. The predicted octanol–water partition coefficient (Wildman–Crippen LogP) is 0.300. The first-order valence-electron chi connectivity index (χ1n) is 4.48. The number of benzene rings is 1. The summed E-state index contributed by atoms with van der Waals surface area (Å²) in [6.07, 6.45) is 0.236. The number of aromatic hydroxyl groups is 2. The van der Waals surface area contributed by atoms with Crippen molar-refractivity contribution < 1.29 is 20.1 Å². The molecule has 0 spiro atoms. The summed E-state index contributed by atoms with van der Waals surface area (Å²) >= 11 is 0. The molecule has 1 rings (SSSR count). The molecule has 0 amide bonds. The molecule has 5 heteroatoms. The zero-order valence-electron chi connectivity index (χ0n) is 8.05. The van der Waals surface area contributed by atoms with Gasteiger partial charge in [-0.05, 0) is 24.1 Å². The molecule has 0 aliphatic carbocycles. The van der Waals surface area contributed by atoms with Gasteiger partial charge in [0.15, 0.2) is 11.5 Å². The lowest BCUT2D eigenvalue weighted by Crippen LogP contribution is -2.25. The third kappa shape index (κ3) is 2.85. The topological polar surface area (TPSA) is 104 Å². The fraction of sp³-hybridized carbons (Fsp3) is 0.300. The van der Waals surface area contributed by atoms with Gasteiger partial charge in [-0.3, -0.25) is 4.79 Å². The van der Waals surface area contributed by atoms with E-state index in [1.54, 1.807) is 6.07 Å².